The van der Waals surface area contributed by atoms with Crippen LogP contribution in [0.25, 0.3) is 11.1 Å². The molecule has 0 saturated carbocycles. The molecule has 3 rings (SSSR count). The number of hydrogen-bond acceptors (Lipinski definition) is 5. The summed E-state index contributed by atoms with van der Waals surface area (Å²) in [5, 5.41) is 21.1. The number of nitrogens with one attached hydrogen (secondary N) is 2. The molecule has 176 valence electrons. The van der Waals surface area contributed by atoms with Gasteiger partial charge in [-0.25, -0.2) is 5.48 Å². The number of halogens is 2. The van der Waals surface area contributed by atoms with Gasteiger partial charge in [-0.2, -0.15) is 0 Å². The molecule has 0 aliphatic heterocycles. The monoisotopic (exact) mass is 501 g/mol. The lowest BCUT2D eigenvalue weighted by molar-refractivity contribution is 0.0706. The molecule has 0 radical (unpaired) electrons. The maximum atomic E-state index is 12.9. The lowest BCUT2D eigenvalue weighted by atomic mass is 10.00. The van der Waals surface area contributed by atoms with Crippen molar-refractivity contribution in [1.29, 1.82) is 0 Å². The number of amides is 3. The van der Waals surface area contributed by atoms with Gasteiger partial charge in [-0.05, 0) is 53.6 Å². The van der Waals surface area contributed by atoms with E-state index in [-0.39, 0.29) is 45.8 Å². The molecule has 0 heterocycles. The van der Waals surface area contributed by atoms with Crippen LogP contribution in [0.15, 0.2) is 60.7 Å². The van der Waals surface area contributed by atoms with Crippen LogP contribution in [-0.4, -0.2) is 53.1 Å². The zero-order valence-electron chi connectivity index (χ0n) is 18.0. The summed E-state index contributed by atoms with van der Waals surface area (Å²) < 4.78 is 0. The predicted octanol–water partition coefficient (Wildman–Crippen LogP) is 4.10. The molecule has 0 spiro atoms. The number of hydrogen-bond donors (Lipinski definition) is 4. The molecule has 3 aromatic carbocycles. The predicted molar refractivity (Wildman–Crippen MR) is 130 cm³/mol. The van der Waals surface area contributed by atoms with E-state index < -0.39 is 11.8 Å². The molecule has 0 bridgehead atoms. The summed E-state index contributed by atoms with van der Waals surface area (Å²) in [6.45, 7) is -0.0684. The fraction of sp³-hybridized carbons (Fsp3) is 0.125. The second-order valence-corrected chi connectivity index (χ2v) is 8.11. The van der Waals surface area contributed by atoms with E-state index in [1.165, 1.54) is 29.2 Å². The number of likely N-dealkylation sites (N-methyl/N-ethyl adjacent to an activating group) is 1. The van der Waals surface area contributed by atoms with Crippen LogP contribution in [0, 0.1) is 0 Å². The summed E-state index contributed by atoms with van der Waals surface area (Å²) in [7, 11) is 1.55. The minimum atomic E-state index is -0.660. The standard InChI is InChI=1S/C24H21Cl2N3O5/c1-29(9-10-30)24(33)17-11-16(14-5-7-15(8-6-14)22(31)28-34)12-18(13-17)27-23(32)19-3-2-4-20(25)21(19)26/h2-8,11-13,30,34H,9-10H2,1H3,(H,27,32)(H,28,31). The van der Waals surface area contributed by atoms with E-state index >= 15 is 0 Å². The van der Waals surface area contributed by atoms with Gasteiger partial charge in [0, 0.05) is 30.4 Å². The fourth-order valence-electron chi connectivity index (χ4n) is 3.22. The average Bonchev–Trinajstić information content (AvgIpc) is 2.84. The van der Waals surface area contributed by atoms with Crippen molar-refractivity contribution < 1.29 is 24.7 Å². The molecule has 0 saturated heterocycles. The topological polar surface area (TPSA) is 119 Å². The molecule has 8 nitrogen and oxygen atoms in total. The van der Waals surface area contributed by atoms with Crippen molar-refractivity contribution >= 4 is 46.6 Å². The lowest BCUT2D eigenvalue weighted by Crippen LogP contribution is -2.29. The van der Waals surface area contributed by atoms with E-state index in [0.717, 1.165) is 0 Å². The summed E-state index contributed by atoms with van der Waals surface area (Å²) in [4.78, 5) is 38.7. The number of carbonyl (C=O) groups is 3. The summed E-state index contributed by atoms with van der Waals surface area (Å²) in [6.07, 6.45) is 0. The third-order valence-electron chi connectivity index (χ3n) is 5.00. The molecule has 0 aromatic heterocycles. The number of anilines is 1. The van der Waals surface area contributed by atoms with Gasteiger partial charge in [0.25, 0.3) is 17.7 Å². The molecule has 0 atom stereocenters. The minimum Gasteiger partial charge on any atom is -0.395 e. The Hall–Kier alpha value is -3.43. The maximum absolute atomic E-state index is 12.9. The van der Waals surface area contributed by atoms with E-state index in [4.69, 9.17) is 28.4 Å². The largest absolute Gasteiger partial charge is 0.395 e. The van der Waals surface area contributed by atoms with Crippen LogP contribution in [-0.2, 0) is 0 Å². The first-order chi connectivity index (χ1) is 16.2. The van der Waals surface area contributed by atoms with Gasteiger partial charge >= 0.3 is 0 Å². The summed E-state index contributed by atoms with van der Waals surface area (Å²) >= 11 is 12.2. The number of nitrogens with zero attached hydrogens (tertiary/aromatic N) is 1. The highest BCUT2D eigenvalue weighted by atomic mass is 35.5. The fourth-order valence-corrected chi connectivity index (χ4v) is 3.60. The second-order valence-electron chi connectivity index (χ2n) is 7.32. The van der Waals surface area contributed by atoms with E-state index in [1.54, 1.807) is 48.9 Å². The maximum Gasteiger partial charge on any atom is 0.274 e. The first-order valence-electron chi connectivity index (χ1n) is 10.1. The van der Waals surface area contributed by atoms with Crippen molar-refractivity contribution in [3.05, 3.63) is 87.4 Å². The van der Waals surface area contributed by atoms with Gasteiger partial charge in [0.2, 0.25) is 0 Å². The van der Waals surface area contributed by atoms with Crippen LogP contribution < -0.4 is 10.8 Å². The summed E-state index contributed by atoms with van der Waals surface area (Å²) in [5.41, 5.74) is 3.83. The zero-order chi connectivity index (χ0) is 24.8. The number of rotatable bonds is 7. The number of aliphatic hydroxyl groups excluding tert-OH is 1. The Morgan fingerprint density at radius 2 is 1.62 bits per heavy atom. The molecule has 3 amide bonds. The molecular weight excluding hydrogens is 481 g/mol. The van der Waals surface area contributed by atoms with Crippen molar-refractivity contribution in [2.24, 2.45) is 0 Å². The van der Waals surface area contributed by atoms with Gasteiger partial charge < -0.3 is 15.3 Å². The van der Waals surface area contributed by atoms with Gasteiger partial charge in [-0.15, -0.1) is 0 Å². The number of hydroxylamine groups is 1. The average molecular weight is 502 g/mol. The van der Waals surface area contributed by atoms with Gasteiger partial charge in [-0.1, -0.05) is 41.4 Å². The Kier molecular flexibility index (Phi) is 8.25. The van der Waals surface area contributed by atoms with Gasteiger partial charge in [0.05, 0.1) is 22.2 Å². The molecule has 0 unspecified atom stereocenters. The van der Waals surface area contributed by atoms with Crippen LogP contribution in [0.3, 0.4) is 0 Å². The SMILES string of the molecule is CN(CCO)C(=O)c1cc(NC(=O)c2cccc(Cl)c2Cl)cc(-c2ccc(C(=O)NO)cc2)c1. The third-order valence-corrected chi connectivity index (χ3v) is 5.82. The van der Waals surface area contributed by atoms with Crippen LogP contribution >= 0.6 is 23.2 Å². The third kappa shape index (κ3) is 5.73. The first kappa shape index (κ1) is 25.2. The quantitative estimate of drug-likeness (QED) is 0.287. The molecule has 4 N–H and O–H groups in total. The second kappa shape index (κ2) is 11.1. The Balaban J connectivity index is 2.02. The van der Waals surface area contributed by atoms with Crippen LogP contribution in [0.5, 0.6) is 0 Å². The number of aliphatic hydroxyl groups is 1. The van der Waals surface area contributed by atoms with Crippen LogP contribution in [0.4, 0.5) is 5.69 Å². The van der Waals surface area contributed by atoms with Crippen molar-refractivity contribution in [1.82, 2.24) is 10.4 Å². The van der Waals surface area contributed by atoms with E-state index in [2.05, 4.69) is 5.32 Å². The van der Waals surface area contributed by atoms with E-state index in [9.17, 15) is 19.5 Å². The highest BCUT2D eigenvalue weighted by molar-refractivity contribution is 6.44. The van der Waals surface area contributed by atoms with Gasteiger partial charge in [0.15, 0.2) is 0 Å². The first-order valence-corrected chi connectivity index (χ1v) is 10.8. The van der Waals surface area contributed by atoms with Crippen molar-refractivity contribution in [3.63, 3.8) is 0 Å². The molecule has 10 heteroatoms. The van der Waals surface area contributed by atoms with Crippen LogP contribution in [0.1, 0.15) is 31.1 Å². The van der Waals surface area contributed by atoms with Crippen molar-refractivity contribution in [2.45, 2.75) is 0 Å². The lowest BCUT2D eigenvalue weighted by Gasteiger charge is -2.18. The number of carbonyl (C=O) groups excluding carboxylic acids is 3. The van der Waals surface area contributed by atoms with E-state index in [0.29, 0.717) is 16.8 Å². The molecule has 0 fully saturated rings. The smallest absolute Gasteiger partial charge is 0.274 e. The molecule has 0 aliphatic carbocycles. The zero-order valence-corrected chi connectivity index (χ0v) is 19.5. The van der Waals surface area contributed by atoms with Gasteiger partial charge in [0.1, 0.15) is 0 Å². The molecular formula is C24H21Cl2N3O5. The molecule has 3 aromatic rings. The molecule has 0 aliphatic rings. The van der Waals surface area contributed by atoms with Crippen LogP contribution in [0.2, 0.25) is 10.0 Å². The van der Waals surface area contributed by atoms with Crippen molar-refractivity contribution in [2.75, 3.05) is 25.5 Å². The minimum absolute atomic E-state index is 0.106. The van der Waals surface area contributed by atoms with Gasteiger partial charge in [-0.3, -0.25) is 19.6 Å². The summed E-state index contributed by atoms with van der Waals surface area (Å²) in [5.74, 6) is -1.53. The normalized spacial score (nSPS) is 10.5. The number of benzene rings is 3. The Bertz CT molecular complexity index is 1230. The highest BCUT2D eigenvalue weighted by Crippen LogP contribution is 2.29. The van der Waals surface area contributed by atoms with Crippen molar-refractivity contribution in [3.8, 4) is 11.1 Å². The highest BCUT2D eigenvalue weighted by Gasteiger charge is 2.17. The Labute approximate surface area is 205 Å². The van der Waals surface area contributed by atoms with E-state index in [1.807, 2.05) is 0 Å². The Morgan fingerprint density at radius 1 is 0.912 bits per heavy atom. The molecule has 34 heavy (non-hydrogen) atoms. The summed E-state index contributed by atoms with van der Waals surface area (Å²) in [6, 6.07) is 15.8. The Morgan fingerprint density at radius 3 is 2.26 bits per heavy atom.